The normalized spacial score (nSPS) is 15.8. The molecule has 1 heterocycles. The molecule has 0 saturated carbocycles. The number of benzene rings is 2. The number of ether oxygens (including phenoxy) is 1. The van der Waals surface area contributed by atoms with Crippen LogP contribution in [0, 0.1) is 0 Å². The summed E-state index contributed by atoms with van der Waals surface area (Å²) in [6.07, 6.45) is 1.71. The Bertz CT molecular complexity index is 881. The van der Waals surface area contributed by atoms with Gasteiger partial charge in [-0.05, 0) is 60.7 Å². The Balaban J connectivity index is 1.84. The number of hydrogen-bond donors (Lipinski definition) is 0. The van der Waals surface area contributed by atoms with Crippen LogP contribution >= 0.6 is 43.6 Å². The molecule has 2 amide bonds. The van der Waals surface area contributed by atoms with Gasteiger partial charge in [-0.3, -0.25) is 14.5 Å². The lowest BCUT2D eigenvalue weighted by molar-refractivity contribution is -0.122. The van der Waals surface area contributed by atoms with Crippen LogP contribution in [0.25, 0.3) is 6.08 Å². The SMILES string of the molecule is CCN1C(=O)S/C(=C/c2cc(Br)ccc2OCc2ccc(Br)cc2)C1=O. The molecule has 134 valence electrons. The third-order valence-corrected chi connectivity index (χ3v) is 5.69. The van der Waals surface area contributed by atoms with E-state index in [1.165, 1.54) is 4.90 Å². The van der Waals surface area contributed by atoms with Gasteiger partial charge in [0.25, 0.3) is 11.1 Å². The molecule has 7 heteroatoms. The minimum absolute atomic E-state index is 0.240. The first kappa shape index (κ1) is 19.2. The molecule has 0 radical (unpaired) electrons. The van der Waals surface area contributed by atoms with Crippen LogP contribution < -0.4 is 4.74 Å². The van der Waals surface area contributed by atoms with Crippen molar-refractivity contribution in [2.45, 2.75) is 13.5 Å². The van der Waals surface area contributed by atoms with Gasteiger partial charge in [0, 0.05) is 21.1 Å². The number of rotatable bonds is 5. The molecule has 0 unspecified atom stereocenters. The van der Waals surface area contributed by atoms with Gasteiger partial charge in [-0.25, -0.2) is 0 Å². The van der Waals surface area contributed by atoms with E-state index in [2.05, 4.69) is 31.9 Å². The molecule has 1 aliphatic rings. The first-order valence-electron chi connectivity index (χ1n) is 7.90. The summed E-state index contributed by atoms with van der Waals surface area (Å²) >= 11 is 7.81. The van der Waals surface area contributed by atoms with E-state index in [0.29, 0.717) is 23.8 Å². The molecule has 26 heavy (non-hydrogen) atoms. The van der Waals surface area contributed by atoms with Crippen molar-refractivity contribution in [3.63, 3.8) is 0 Å². The maximum atomic E-state index is 12.3. The molecule has 2 aromatic rings. The van der Waals surface area contributed by atoms with Crippen molar-refractivity contribution in [1.29, 1.82) is 0 Å². The second-order valence-corrected chi connectivity index (χ2v) is 8.35. The summed E-state index contributed by atoms with van der Waals surface area (Å²) in [5.41, 5.74) is 1.78. The highest BCUT2D eigenvalue weighted by molar-refractivity contribution is 9.10. The summed E-state index contributed by atoms with van der Waals surface area (Å²) < 4.78 is 7.82. The van der Waals surface area contributed by atoms with E-state index < -0.39 is 0 Å². The standard InChI is InChI=1S/C19H15Br2NO3S/c1-2-22-18(23)17(26-19(22)24)10-13-9-15(21)7-8-16(13)25-11-12-3-5-14(20)6-4-12/h3-10H,2,11H2,1H3/b17-10+. The van der Waals surface area contributed by atoms with Gasteiger partial charge < -0.3 is 4.74 Å². The van der Waals surface area contributed by atoms with Crippen molar-refractivity contribution in [1.82, 2.24) is 4.90 Å². The molecular formula is C19H15Br2NO3S. The number of likely N-dealkylation sites (N-methyl/N-ethyl adjacent to an activating group) is 1. The maximum absolute atomic E-state index is 12.3. The van der Waals surface area contributed by atoms with E-state index in [4.69, 9.17) is 4.74 Å². The summed E-state index contributed by atoms with van der Waals surface area (Å²) in [7, 11) is 0. The van der Waals surface area contributed by atoms with Crippen LogP contribution in [0.2, 0.25) is 0 Å². The van der Waals surface area contributed by atoms with Crippen LogP contribution in [0.3, 0.4) is 0 Å². The number of amides is 2. The number of nitrogens with zero attached hydrogens (tertiary/aromatic N) is 1. The van der Waals surface area contributed by atoms with Crippen molar-refractivity contribution >= 4 is 60.8 Å². The van der Waals surface area contributed by atoms with Crippen LogP contribution in [0.5, 0.6) is 5.75 Å². The summed E-state index contributed by atoms with van der Waals surface area (Å²) in [4.78, 5) is 25.8. The molecule has 2 aromatic carbocycles. The molecule has 1 saturated heterocycles. The predicted octanol–water partition coefficient (Wildman–Crippen LogP) is 5.85. The lowest BCUT2D eigenvalue weighted by atomic mass is 10.1. The Kier molecular flexibility index (Phi) is 6.21. The summed E-state index contributed by atoms with van der Waals surface area (Å²) in [6.45, 7) is 2.56. The molecule has 0 N–H and O–H groups in total. The highest BCUT2D eigenvalue weighted by Crippen LogP contribution is 2.34. The van der Waals surface area contributed by atoms with Crippen LogP contribution in [-0.2, 0) is 11.4 Å². The second-order valence-electron chi connectivity index (χ2n) is 5.52. The van der Waals surface area contributed by atoms with Gasteiger partial charge >= 0.3 is 0 Å². The quantitative estimate of drug-likeness (QED) is 0.487. The zero-order chi connectivity index (χ0) is 18.7. The smallest absolute Gasteiger partial charge is 0.293 e. The molecule has 1 aliphatic heterocycles. The third-order valence-electron chi connectivity index (χ3n) is 3.76. The van der Waals surface area contributed by atoms with Gasteiger partial charge in [0.15, 0.2) is 0 Å². The zero-order valence-electron chi connectivity index (χ0n) is 13.9. The summed E-state index contributed by atoms with van der Waals surface area (Å²) in [5, 5.41) is -0.240. The monoisotopic (exact) mass is 495 g/mol. The zero-order valence-corrected chi connectivity index (χ0v) is 17.9. The van der Waals surface area contributed by atoms with Crippen molar-refractivity contribution in [3.05, 3.63) is 67.4 Å². The van der Waals surface area contributed by atoms with Gasteiger partial charge in [-0.2, -0.15) is 0 Å². The Morgan fingerprint density at radius 1 is 1.08 bits per heavy atom. The van der Waals surface area contributed by atoms with Crippen LogP contribution in [0.15, 0.2) is 56.3 Å². The lowest BCUT2D eigenvalue weighted by Crippen LogP contribution is -2.27. The molecule has 3 rings (SSSR count). The molecule has 1 fully saturated rings. The number of hydrogen-bond acceptors (Lipinski definition) is 4. The van der Waals surface area contributed by atoms with Crippen LogP contribution in [-0.4, -0.2) is 22.6 Å². The number of thioether (sulfide) groups is 1. The number of carbonyl (C=O) groups is 2. The molecule has 0 atom stereocenters. The topological polar surface area (TPSA) is 46.6 Å². The third kappa shape index (κ3) is 4.39. The van der Waals surface area contributed by atoms with Gasteiger partial charge in [0.05, 0.1) is 4.91 Å². The molecule has 0 spiro atoms. The Hall–Kier alpha value is -1.57. The average Bonchev–Trinajstić information content (AvgIpc) is 2.88. The minimum atomic E-state index is -0.263. The van der Waals surface area contributed by atoms with E-state index in [1.54, 1.807) is 13.0 Å². The Labute approximate surface area is 172 Å². The molecule has 4 nitrogen and oxygen atoms in total. The highest BCUT2D eigenvalue weighted by Gasteiger charge is 2.33. The van der Waals surface area contributed by atoms with Crippen molar-refractivity contribution in [2.24, 2.45) is 0 Å². The van der Waals surface area contributed by atoms with Crippen molar-refractivity contribution < 1.29 is 14.3 Å². The lowest BCUT2D eigenvalue weighted by Gasteiger charge is -2.11. The van der Waals surface area contributed by atoms with Crippen LogP contribution in [0.4, 0.5) is 4.79 Å². The second kappa shape index (κ2) is 8.41. The van der Waals surface area contributed by atoms with Gasteiger partial charge in [0.2, 0.25) is 0 Å². The Morgan fingerprint density at radius 3 is 2.42 bits per heavy atom. The minimum Gasteiger partial charge on any atom is -0.488 e. The summed E-state index contributed by atoms with van der Waals surface area (Å²) in [6, 6.07) is 13.5. The van der Waals surface area contributed by atoms with E-state index in [9.17, 15) is 9.59 Å². The Morgan fingerprint density at radius 2 is 1.77 bits per heavy atom. The highest BCUT2D eigenvalue weighted by atomic mass is 79.9. The number of halogens is 2. The first-order valence-corrected chi connectivity index (χ1v) is 10.3. The number of carbonyl (C=O) groups excluding carboxylic acids is 2. The number of imide groups is 1. The van der Waals surface area contributed by atoms with E-state index >= 15 is 0 Å². The largest absolute Gasteiger partial charge is 0.488 e. The van der Waals surface area contributed by atoms with Gasteiger partial charge in [-0.1, -0.05) is 44.0 Å². The van der Waals surface area contributed by atoms with E-state index in [0.717, 1.165) is 31.8 Å². The fraction of sp³-hybridized carbons (Fsp3) is 0.158. The molecule has 0 aromatic heterocycles. The average molecular weight is 497 g/mol. The van der Waals surface area contributed by atoms with E-state index in [-0.39, 0.29) is 11.1 Å². The molecule has 0 aliphatic carbocycles. The van der Waals surface area contributed by atoms with Crippen molar-refractivity contribution in [2.75, 3.05) is 6.54 Å². The molecular weight excluding hydrogens is 482 g/mol. The van der Waals surface area contributed by atoms with E-state index in [1.807, 2.05) is 42.5 Å². The summed E-state index contributed by atoms with van der Waals surface area (Å²) in [5.74, 6) is 0.390. The predicted molar refractivity (Wildman–Crippen MR) is 111 cm³/mol. The maximum Gasteiger partial charge on any atom is 0.293 e. The van der Waals surface area contributed by atoms with Crippen molar-refractivity contribution in [3.8, 4) is 5.75 Å². The van der Waals surface area contributed by atoms with Gasteiger partial charge in [0.1, 0.15) is 12.4 Å². The fourth-order valence-corrected chi connectivity index (χ4v) is 3.96. The fourth-order valence-electron chi connectivity index (χ4n) is 2.42. The van der Waals surface area contributed by atoms with Gasteiger partial charge in [-0.15, -0.1) is 0 Å². The molecule has 0 bridgehead atoms. The first-order chi connectivity index (χ1) is 12.5. The van der Waals surface area contributed by atoms with Crippen LogP contribution in [0.1, 0.15) is 18.1 Å².